The van der Waals surface area contributed by atoms with Gasteiger partial charge in [0, 0.05) is 48.8 Å². The van der Waals surface area contributed by atoms with Gasteiger partial charge in [-0.1, -0.05) is 13.8 Å². The molecule has 5 heterocycles. The van der Waals surface area contributed by atoms with Gasteiger partial charge in [0.05, 0.1) is 11.5 Å². The third-order valence-electron chi connectivity index (χ3n) is 8.80. The van der Waals surface area contributed by atoms with E-state index in [9.17, 15) is 0 Å². The minimum Gasteiger partial charge on any atom is -0.453 e. The van der Waals surface area contributed by atoms with Gasteiger partial charge in [-0.15, -0.1) is 0 Å². The summed E-state index contributed by atoms with van der Waals surface area (Å²) in [6.45, 7) is 6.97. The van der Waals surface area contributed by atoms with Crippen LogP contribution < -0.4 is 20.4 Å². The summed E-state index contributed by atoms with van der Waals surface area (Å²) < 4.78 is 6.43. The number of ether oxygens (including phenoxy) is 1. The van der Waals surface area contributed by atoms with Crippen LogP contribution in [0.4, 0.5) is 11.4 Å². The van der Waals surface area contributed by atoms with Crippen molar-refractivity contribution in [3.05, 3.63) is 46.1 Å². The molecule has 6 nitrogen and oxygen atoms in total. The number of likely N-dealkylation sites (N-methyl/N-ethyl adjacent to an activating group) is 3. The highest BCUT2D eigenvalue weighted by Crippen LogP contribution is 2.54. The van der Waals surface area contributed by atoms with Crippen molar-refractivity contribution in [2.75, 3.05) is 39.1 Å². The van der Waals surface area contributed by atoms with Crippen molar-refractivity contribution < 1.29 is 4.74 Å². The Bertz CT molecular complexity index is 1290. The topological polar surface area (TPSA) is 43.7 Å². The molecule has 2 saturated heterocycles. The SMILES string of the molecule is CN1CC[C@@]2(C)c3cc4c(cc3=NC12)Oc1cc2c(cc1N=4)[C@]1(C)CCN(C)C1N2C. The Kier molecular flexibility index (Phi) is 3.21. The van der Waals surface area contributed by atoms with E-state index < -0.39 is 0 Å². The number of fused-ring (bicyclic) bond motifs is 8. The highest BCUT2D eigenvalue weighted by Gasteiger charge is 2.53. The summed E-state index contributed by atoms with van der Waals surface area (Å²) in [7, 11) is 6.61. The number of hydrogen-bond donors (Lipinski definition) is 0. The predicted octanol–water partition coefficient (Wildman–Crippen LogP) is 2.67. The van der Waals surface area contributed by atoms with Crippen LogP contribution in [-0.4, -0.2) is 56.4 Å². The van der Waals surface area contributed by atoms with Gasteiger partial charge >= 0.3 is 0 Å². The van der Waals surface area contributed by atoms with E-state index in [1.54, 1.807) is 0 Å². The molecule has 0 bridgehead atoms. The monoisotopic (exact) mass is 415 g/mol. The molecule has 5 aliphatic heterocycles. The van der Waals surface area contributed by atoms with Crippen molar-refractivity contribution in [1.82, 2.24) is 9.80 Å². The van der Waals surface area contributed by atoms with E-state index in [0.717, 1.165) is 47.4 Å². The smallest absolute Gasteiger partial charge is 0.155 e. The zero-order valence-corrected chi connectivity index (χ0v) is 18.9. The van der Waals surface area contributed by atoms with Gasteiger partial charge in [-0.05, 0) is 50.2 Å². The van der Waals surface area contributed by atoms with Crippen molar-refractivity contribution >= 4 is 11.4 Å². The number of anilines is 1. The Morgan fingerprint density at radius 2 is 1.65 bits per heavy atom. The van der Waals surface area contributed by atoms with Crippen LogP contribution in [0.25, 0.3) is 0 Å². The maximum absolute atomic E-state index is 6.43. The lowest BCUT2D eigenvalue weighted by Crippen LogP contribution is -2.45. The first kappa shape index (κ1) is 18.2. The fraction of sp³-hybridized carbons (Fsp3) is 0.520. The van der Waals surface area contributed by atoms with E-state index in [0.29, 0.717) is 6.17 Å². The number of rotatable bonds is 0. The summed E-state index contributed by atoms with van der Waals surface area (Å²) in [4.78, 5) is 17.4. The van der Waals surface area contributed by atoms with Gasteiger partial charge < -0.3 is 9.64 Å². The molecule has 0 aromatic heterocycles. The molecule has 0 saturated carbocycles. The van der Waals surface area contributed by atoms with Gasteiger partial charge in [-0.25, -0.2) is 4.99 Å². The summed E-state index contributed by atoms with van der Waals surface area (Å²) in [6, 6.07) is 8.83. The van der Waals surface area contributed by atoms with Crippen LogP contribution in [0.2, 0.25) is 0 Å². The first-order valence-electron chi connectivity index (χ1n) is 11.4. The first-order chi connectivity index (χ1) is 14.8. The average Bonchev–Trinajstić information content (AvgIpc) is 3.37. The quantitative estimate of drug-likeness (QED) is 0.566. The highest BCUT2D eigenvalue weighted by atomic mass is 16.5. The van der Waals surface area contributed by atoms with Crippen LogP contribution in [0.1, 0.15) is 37.8 Å². The number of benzene rings is 2. The van der Waals surface area contributed by atoms with Crippen LogP contribution in [0.5, 0.6) is 11.5 Å². The minimum atomic E-state index is 0.0741. The molecule has 2 fully saturated rings. The molecule has 31 heavy (non-hydrogen) atoms. The van der Waals surface area contributed by atoms with E-state index in [2.05, 4.69) is 74.0 Å². The van der Waals surface area contributed by atoms with Crippen molar-refractivity contribution in [1.29, 1.82) is 0 Å². The summed E-state index contributed by atoms with van der Waals surface area (Å²) >= 11 is 0. The van der Waals surface area contributed by atoms with E-state index in [4.69, 9.17) is 14.7 Å². The second-order valence-corrected chi connectivity index (χ2v) is 10.7. The fourth-order valence-electron chi connectivity index (χ4n) is 7.08. The third kappa shape index (κ3) is 2.06. The molecular formula is C25H29N5O. The van der Waals surface area contributed by atoms with Crippen molar-refractivity contribution in [2.45, 2.75) is 49.9 Å². The molecule has 5 aliphatic rings. The molecular weight excluding hydrogens is 386 g/mol. The Morgan fingerprint density at radius 1 is 0.871 bits per heavy atom. The normalized spacial score (nSPS) is 34.8. The lowest BCUT2D eigenvalue weighted by atomic mass is 9.80. The Labute approximate surface area is 182 Å². The van der Waals surface area contributed by atoms with Crippen molar-refractivity contribution in [3.63, 3.8) is 0 Å². The van der Waals surface area contributed by atoms with Crippen LogP contribution in [-0.2, 0) is 10.8 Å². The summed E-state index contributed by atoms with van der Waals surface area (Å²) in [6.07, 6.45) is 2.92. The van der Waals surface area contributed by atoms with Gasteiger partial charge in [0.25, 0.3) is 0 Å². The Morgan fingerprint density at radius 3 is 2.48 bits per heavy atom. The molecule has 6 heteroatoms. The molecule has 2 unspecified atom stereocenters. The summed E-state index contributed by atoms with van der Waals surface area (Å²) in [5, 5.41) is 2.01. The summed E-state index contributed by atoms with van der Waals surface area (Å²) in [5.41, 5.74) is 5.16. The standard InChI is InChI=1S/C25H29N5O/c1-24-6-8-28(3)22(24)27-16-12-20-17(10-14(16)24)26-18-11-15-19(13-21(18)31-20)30(5)23-25(15,2)7-9-29(23)4/h10-13,22-23H,6-9H2,1-5H3/t22?,23?,24-,25-/m0/s1. The average molecular weight is 416 g/mol. The second kappa shape index (κ2) is 5.48. The largest absolute Gasteiger partial charge is 0.453 e. The van der Waals surface area contributed by atoms with E-state index in [1.165, 1.54) is 23.2 Å². The minimum absolute atomic E-state index is 0.0741. The van der Waals surface area contributed by atoms with E-state index >= 15 is 0 Å². The maximum atomic E-state index is 6.43. The lowest BCUT2D eigenvalue weighted by molar-refractivity contribution is 0.268. The van der Waals surface area contributed by atoms with E-state index in [1.807, 2.05) is 0 Å². The number of likely N-dealkylation sites (tertiary alicyclic amines) is 2. The van der Waals surface area contributed by atoms with Crippen molar-refractivity contribution in [2.24, 2.45) is 9.98 Å². The van der Waals surface area contributed by atoms with Crippen LogP contribution in [0.15, 0.2) is 34.3 Å². The first-order valence-corrected chi connectivity index (χ1v) is 11.4. The van der Waals surface area contributed by atoms with E-state index in [-0.39, 0.29) is 17.0 Å². The molecule has 0 spiro atoms. The molecule has 7 rings (SSSR count). The fourth-order valence-corrected chi connectivity index (χ4v) is 7.08. The highest BCUT2D eigenvalue weighted by molar-refractivity contribution is 5.73. The lowest BCUT2D eigenvalue weighted by Gasteiger charge is -2.32. The van der Waals surface area contributed by atoms with Crippen LogP contribution in [0.3, 0.4) is 0 Å². The van der Waals surface area contributed by atoms with Gasteiger partial charge in [-0.3, -0.25) is 14.8 Å². The maximum Gasteiger partial charge on any atom is 0.155 e. The Hall–Kier alpha value is -2.44. The third-order valence-corrected chi connectivity index (χ3v) is 8.80. The second-order valence-electron chi connectivity index (χ2n) is 10.7. The van der Waals surface area contributed by atoms with Gasteiger partial charge in [-0.2, -0.15) is 0 Å². The molecule has 0 amide bonds. The molecule has 4 atom stereocenters. The van der Waals surface area contributed by atoms with Crippen LogP contribution in [0, 0.1) is 0 Å². The molecule has 2 aromatic rings. The van der Waals surface area contributed by atoms with Crippen LogP contribution >= 0.6 is 0 Å². The molecule has 0 radical (unpaired) electrons. The van der Waals surface area contributed by atoms with Crippen molar-refractivity contribution in [3.8, 4) is 11.5 Å². The predicted molar refractivity (Wildman–Crippen MR) is 120 cm³/mol. The molecule has 0 aliphatic carbocycles. The summed E-state index contributed by atoms with van der Waals surface area (Å²) in [5.74, 6) is 1.68. The van der Waals surface area contributed by atoms with Gasteiger partial charge in [0.1, 0.15) is 17.2 Å². The van der Waals surface area contributed by atoms with Gasteiger partial charge in [0.2, 0.25) is 0 Å². The molecule has 2 aromatic carbocycles. The van der Waals surface area contributed by atoms with Gasteiger partial charge in [0.15, 0.2) is 11.5 Å². The number of nitrogens with zero attached hydrogens (tertiary/aromatic N) is 5. The zero-order valence-electron chi connectivity index (χ0n) is 18.9. The Balaban J connectivity index is 1.39. The zero-order chi connectivity index (χ0) is 21.3. The number of hydrogen-bond acceptors (Lipinski definition) is 6. The molecule has 0 N–H and O–H groups in total. The molecule has 160 valence electrons.